The molecule has 1 aromatic carbocycles. The molecule has 1 fully saturated rings. The van der Waals surface area contributed by atoms with Crippen molar-refractivity contribution in [2.75, 3.05) is 31.1 Å². The lowest BCUT2D eigenvalue weighted by atomic mass is 10.1. The lowest BCUT2D eigenvalue weighted by Gasteiger charge is -2.36. The van der Waals surface area contributed by atoms with Crippen LogP contribution in [0.1, 0.15) is 11.1 Å². The van der Waals surface area contributed by atoms with Crippen molar-refractivity contribution in [2.45, 2.75) is 13.5 Å². The second-order valence-electron chi connectivity index (χ2n) is 5.54. The van der Waals surface area contributed by atoms with E-state index in [1.807, 2.05) is 12.3 Å². The topological polar surface area (TPSA) is 19.4 Å². The summed E-state index contributed by atoms with van der Waals surface area (Å²) in [6, 6.07) is 12.6. The van der Waals surface area contributed by atoms with Gasteiger partial charge in [0.15, 0.2) is 0 Å². The minimum Gasteiger partial charge on any atom is -0.368 e. The van der Waals surface area contributed by atoms with Crippen molar-refractivity contribution in [3.05, 3.63) is 58.9 Å². The maximum absolute atomic E-state index is 5.93. The SMILES string of the molecule is Cc1cc(Cl)ncc1N1CCN(Cc2ccccc2)CC1. The summed E-state index contributed by atoms with van der Waals surface area (Å²) in [6.07, 6.45) is 1.89. The number of piperazine rings is 1. The van der Waals surface area contributed by atoms with Crippen LogP contribution in [0.2, 0.25) is 5.15 Å². The van der Waals surface area contributed by atoms with Crippen LogP contribution in [0.5, 0.6) is 0 Å². The van der Waals surface area contributed by atoms with Gasteiger partial charge in [-0.3, -0.25) is 4.90 Å². The van der Waals surface area contributed by atoms with Crippen LogP contribution in [0.4, 0.5) is 5.69 Å². The molecule has 0 spiro atoms. The first kappa shape index (κ1) is 14.4. The standard InChI is InChI=1S/C17H20ClN3/c1-14-11-17(18)19-12-16(14)21-9-7-20(8-10-21)13-15-5-3-2-4-6-15/h2-6,11-12H,7-10,13H2,1H3. The van der Waals surface area contributed by atoms with Gasteiger partial charge in [0.2, 0.25) is 0 Å². The normalized spacial score (nSPS) is 16.2. The van der Waals surface area contributed by atoms with Gasteiger partial charge in [-0.15, -0.1) is 0 Å². The molecule has 0 unspecified atom stereocenters. The van der Waals surface area contributed by atoms with Crippen LogP contribution in [-0.2, 0) is 6.54 Å². The molecule has 3 rings (SSSR count). The van der Waals surface area contributed by atoms with Gasteiger partial charge in [0.1, 0.15) is 5.15 Å². The van der Waals surface area contributed by atoms with Gasteiger partial charge >= 0.3 is 0 Å². The van der Waals surface area contributed by atoms with Gasteiger partial charge in [-0.05, 0) is 24.1 Å². The molecule has 0 amide bonds. The quantitative estimate of drug-likeness (QED) is 0.810. The summed E-state index contributed by atoms with van der Waals surface area (Å²) in [6.45, 7) is 7.37. The molecule has 21 heavy (non-hydrogen) atoms. The molecule has 110 valence electrons. The van der Waals surface area contributed by atoms with E-state index in [1.165, 1.54) is 16.8 Å². The molecule has 0 aliphatic carbocycles. The minimum atomic E-state index is 0.568. The Labute approximate surface area is 131 Å². The molecule has 0 saturated carbocycles. The van der Waals surface area contributed by atoms with Crippen molar-refractivity contribution in [3.63, 3.8) is 0 Å². The number of hydrogen-bond acceptors (Lipinski definition) is 3. The third-order valence-electron chi connectivity index (χ3n) is 4.01. The lowest BCUT2D eigenvalue weighted by Crippen LogP contribution is -2.46. The summed E-state index contributed by atoms with van der Waals surface area (Å²) in [4.78, 5) is 9.12. The van der Waals surface area contributed by atoms with Gasteiger partial charge in [0.25, 0.3) is 0 Å². The van der Waals surface area contributed by atoms with Crippen LogP contribution in [0.15, 0.2) is 42.6 Å². The molecule has 2 heterocycles. The molecule has 0 N–H and O–H groups in total. The average molecular weight is 302 g/mol. The fourth-order valence-corrected chi connectivity index (χ4v) is 3.05. The Morgan fingerprint density at radius 2 is 1.81 bits per heavy atom. The predicted molar refractivity (Wildman–Crippen MR) is 87.9 cm³/mol. The first-order chi connectivity index (χ1) is 10.2. The first-order valence-electron chi connectivity index (χ1n) is 7.36. The van der Waals surface area contributed by atoms with Crippen molar-refractivity contribution >= 4 is 17.3 Å². The van der Waals surface area contributed by atoms with Gasteiger partial charge in [-0.25, -0.2) is 4.98 Å². The molecule has 1 aliphatic rings. The molecule has 1 aromatic heterocycles. The Balaban J connectivity index is 1.60. The molecule has 0 bridgehead atoms. The zero-order chi connectivity index (χ0) is 14.7. The van der Waals surface area contributed by atoms with E-state index in [0.717, 1.165) is 32.7 Å². The van der Waals surface area contributed by atoms with Crippen molar-refractivity contribution in [1.82, 2.24) is 9.88 Å². The van der Waals surface area contributed by atoms with E-state index in [9.17, 15) is 0 Å². The van der Waals surface area contributed by atoms with E-state index in [1.54, 1.807) is 0 Å². The Bertz CT molecular complexity index is 592. The van der Waals surface area contributed by atoms with E-state index >= 15 is 0 Å². The van der Waals surface area contributed by atoms with Gasteiger partial charge in [0.05, 0.1) is 11.9 Å². The number of benzene rings is 1. The Hall–Kier alpha value is -1.58. The van der Waals surface area contributed by atoms with Crippen LogP contribution in [0.25, 0.3) is 0 Å². The third kappa shape index (κ3) is 3.55. The van der Waals surface area contributed by atoms with Crippen LogP contribution in [0, 0.1) is 6.92 Å². The fourth-order valence-electron chi connectivity index (χ4n) is 2.83. The molecule has 3 nitrogen and oxygen atoms in total. The highest BCUT2D eigenvalue weighted by molar-refractivity contribution is 6.29. The molecular weight excluding hydrogens is 282 g/mol. The number of nitrogens with zero attached hydrogens (tertiary/aromatic N) is 3. The van der Waals surface area contributed by atoms with Crippen LogP contribution in [-0.4, -0.2) is 36.1 Å². The molecule has 4 heteroatoms. The van der Waals surface area contributed by atoms with Gasteiger partial charge in [-0.1, -0.05) is 41.9 Å². The summed E-state index contributed by atoms with van der Waals surface area (Å²) in [5.41, 5.74) is 3.79. The number of aryl methyl sites for hydroxylation is 1. The van der Waals surface area contributed by atoms with Crippen molar-refractivity contribution in [1.29, 1.82) is 0 Å². The zero-order valence-corrected chi connectivity index (χ0v) is 13.1. The van der Waals surface area contributed by atoms with Crippen LogP contribution >= 0.6 is 11.6 Å². The van der Waals surface area contributed by atoms with Gasteiger partial charge < -0.3 is 4.90 Å². The van der Waals surface area contributed by atoms with E-state index in [4.69, 9.17) is 11.6 Å². The minimum absolute atomic E-state index is 0.568. The highest BCUT2D eigenvalue weighted by Gasteiger charge is 2.18. The molecule has 0 radical (unpaired) electrons. The number of hydrogen-bond donors (Lipinski definition) is 0. The molecule has 1 saturated heterocycles. The second kappa shape index (κ2) is 6.46. The third-order valence-corrected chi connectivity index (χ3v) is 4.22. The molecule has 1 aliphatic heterocycles. The Morgan fingerprint density at radius 1 is 1.10 bits per heavy atom. The van der Waals surface area contributed by atoms with E-state index in [2.05, 4.69) is 52.0 Å². The van der Waals surface area contributed by atoms with E-state index < -0.39 is 0 Å². The Kier molecular flexibility index (Phi) is 4.42. The predicted octanol–water partition coefficient (Wildman–Crippen LogP) is 3.37. The van der Waals surface area contributed by atoms with E-state index in [-0.39, 0.29) is 0 Å². The van der Waals surface area contributed by atoms with Gasteiger partial charge in [-0.2, -0.15) is 0 Å². The lowest BCUT2D eigenvalue weighted by molar-refractivity contribution is 0.250. The summed E-state index contributed by atoms with van der Waals surface area (Å²) in [5, 5.41) is 0.568. The second-order valence-corrected chi connectivity index (χ2v) is 5.93. The fraction of sp³-hybridized carbons (Fsp3) is 0.353. The molecule has 2 aromatic rings. The van der Waals surface area contributed by atoms with Crippen molar-refractivity contribution in [3.8, 4) is 0 Å². The monoisotopic (exact) mass is 301 g/mol. The van der Waals surface area contributed by atoms with E-state index in [0.29, 0.717) is 5.15 Å². The summed E-state index contributed by atoms with van der Waals surface area (Å²) in [7, 11) is 0. The summed E-state index contributed by atoms with van der Waals surface area (Å²) in [5.74, 6) is 0. The highest BCUT2D eigenvalue weighted by Crippen LogP contribution is 2.23. The average Bonchev–Trinajstić information content (AvgIpc) is 2.49. The smallest absolute Gasteiger partial charge is 0.129 e. The maximum Gasteiger partial charge on any atom is 0.129 e. The number of anilines is 1. The van der Waals surface area contributed by atoms with Crippen molar-refractivity contribution in [2.24, 2.45) is 0 Å². The van der Waals surface area contributed by atoms with Crippen LogP contribution in [0.3, 0.4) is 0 Å². The summed E-state index contributed by atoms with van der Waals surface area (Å²) < 4.78 is 0. The zero-order valence-electron chi connectivity index (χ0n) is 12.3. The number of halogens is 1. The number of rotatable bonds is 3. The Morgan fingerprint density at radius 3 is 2.48 bits per heavy atom. The largest absolute Gasteiger partial charge is 0.368 e. The van der Waals surface area contributed by atoms with Crippen molar-refractivity contribution < 1.29 is 0 Å². The summed E-state index contributed by atoms with van der Waals surface area (Å²) >= 11 is 5.93. The van der Waals surface area contributed by atoms with Crippen LogP contribution < -0.4 is 4.90 Å². The first-order valence-corrected chi connectivity index (χ1v) is 7.73. The highest BCUT2D eigenvalue weighted by atomic mass is 35.5. The number of pyridine rings is 1. The molecule has 0 atom stereocenters. The number of aromatic nitrogens is 1. The van der Waals surface area contributed by atoms with Gasteiger partial charge in [0, 0.05) is 32.7 Å². The maximum atomic E-state index is 5.93. The molecular formula is C17H20ClN3.